The molecule has 2 saturated heterocycles. The van der Waals surface area contributed by atoms with Crippen LogP contribution in [0.2, 0.25) is 0 Å². The monoisotopic (exact) mass is 276 g/mol. The van der Waals surface area contributed by atoms with E-state index in [1.54, 1.807) is 4.31 Å². The summed E-state index contributed by atoms with van der Waals surface area (Å²) >= 11 is 0. The highest BCUT2D eigenvalue weighted by atomic mass is 32.2. The Morgan fingerprint density at radius 3 is 2.72 bits per heavy atom. The number of sulfonamides is 1. The maximum atomic E-state index is 12.4. The summed E-state index contributed by atoms with van der Waals surface area (Å²) in [5, 5.41) is 0. The molecule has 0 spiro atoms. The molecule has 3 unspecified atom stereocenters. The van der Waals surface area contributed by atoms with Gasteiger partial charge in [-0.3, -0.25) is 0 Å². The first-order valence-electron chi connectivity index (χ1n) is 6.84. The second kappa shape index (κ2) is 5.86. The van der Waals surface area contributed by atoms with Crippen LogP contribution >= 0.6 is 0 Å². The number of nitrogens with zero attached hydrogens (tertiary/aromatic N) is 1. The third-order valence-corrected chi connectivity index (χ3v) is 6.05. The summed E-state index contributed by atoms with van der Waals surface area (Å²) in [6.45, 7) is 3.83. The predicted octanol–water partition coefficient (Wildman–Crippen LogP) is 0.554. The van der Waals surface area contributed by atoms with E-state index >= 15 is 0 Å². The molecule has 2 aliphatic rings. The van der Waals surface area contributed by atoms with Crippen molar-refractivity contribution in [2.24, 2.45) is 11.7 Å². The highest BCUT2D eigenvalue weighted by Gasteiger charge is 2.35. The molecule has 18 heavy (non-hydrogen) atoms. The highest BCUT2D eigenvalue weighted by molar-refractivity contribution is 7.89. The van der Waals surface area contributed by atoms with Crippen LogP contribution in [0, 0.1) is 5.92 Å². The molecule has 0 bridgehead atoms. The molecule has 0 aliphatic carbocycles. The molecular formula is C12H24N2O3S. The second-order valence-corrected chi connectivity index (χ2v) is 7.48. The SMILES string of the molecule is CC1CCC(CN)CN1S(=O)(=O)CC1CCCO1. The van der Waals surface area contributed by atoms with Crippen molar-refractivity contribution in [3.63, 3.8) is 0 Å². The van der Waals surface area contributed by atoms with E-state index in [1.807, 2.05) is 6.92 Å². The van der Waals surface area contributed by atoms with Gasteiger partial charge in [0.25, 0.3) is 0 Å². The van der Waals surface area contributed by atoms with Crippen LogP contribution in [0.5, 0.6) is 0 Å². The molecule has 5 nitrogen and oxygen atoms in total. The Balaban J connectivity index is 2.02. The van der Waals surface area contributed by atoms with Crippen LogP contribution in [0.4, 0.5) is 0 Å². The lowest BCUT2D eigenvalue weighted by Gasteiger charge is -2.37. The summed E-state index contributed by atoms with van der Waals surface area (Å²) in [6.07, 6.45) is 3.67. The van der Waals surface area contributed by atoms with Gasteiger partial charge >= 0.3 is 0 Å². The zero-order valence-corrected chi connectivity index (χ0v) is 11.9. The zero-order chi connectivity index (χ0) is 13.2. The van der Waals surface area contributed by atoms with Crippen molar-refractivity contribution >= 4 is 10.0 Å². The number of nitrogens with two attached hydrogens (primary N) is 1. The van der Waals surface area contributed by atoms with E-state index in [-0.39, 0.29) is 17.9 Å². The van der Waals surface area contributed by atoms with Gasteiger partial charge in [-0.1, -0.05) is 0 Å². The number of piperidine rings is 1. The first-order valence-corrected chi connectivity index (χ1v) is 8.45. The van der Waals surface area contributed by atoms with E-state index in [9.17, 15) is 8.42 Å². The maximum Gasteiger partial charge on any atom is 0.216 e. The van der Waals surface area contributed by atoms with Crippen LogP contribution in [-0.2, 0) is 14.8 Å². The van der Waals surface area contributed by atoms with Crippen LogP contribution in [0.1, 0.15) is 32.6 Å². The molecule has 0 aromatic heterocycles. The largest absolute Gasteiger partial charge is 0.377 e. The first-order chi connectivity index (χ1) is 8.53. The molecule has 2 heterocycles. The standard InChI is InChI=1S/C12H24N2O3S/c1-10-4-5-11(7-13)8-14(10)18(15,16)9-12-3-2-6-17-12/h10-12H,2-9,13H2,1H3. The summed E-state index contributed by atoms with van der Waals surface area (Å²) in [5.74, 6) is 0.440. The van der Waals surface area contributed by atoms with Gasteiger partial charge in [-0.25, -0.2) is 8.42 Å². The molecule has 0 aromatic rings. The van der Waals surface area contributed by atoms with E-state index < -0.39 is 10.0 Å². The van der Waals surface area contributed by atoms with Gasteiger partial charge < -0.3 is 10.5 Å². The molecule has 2 aliphatic heterocycles. The van der Waals surface area contributed by atoms with Gasteiger partial charge in [-0.15, -0.1) is 0 Å². The van der Waals surface area contributed by atoms with Gasteiger partial charge in [0.2, 0.25) is 10.0 Å². The minimum atomic E-state index is -3.21. The lowest BCUT2D eigenvalue weighted by atomic mass is 9.96. The molecule has 2 rings (SSSR count). The molecule has 0 amide bonds. The van der Waals surface area contributed by atoms with Crippen molar-refractivity contribution < 1.29 is 13.2 Å². The van der Waals surface area contributed by atoms with Gasteiger partial charge in [0.05, 0.1) is 11.9 Å². The van der Waals surface area contributed by atoms with Gasteiger partial charge in [0.1, 0.15) is 0 Å². The van der Waals surface area contributed by atoms with Crippen LogP contribution in [0.3, 0.4) is 0 Å². The Hall–Kier alpha value is -0.170. The van der Waals surface area contributed by atoms with E-state index in [4.69, 9.17) is 10.5 Å². The van der Waals surface area contributed by atoms with Crippen LogP contribution in [-0.4, -0.2) is 50.3 Å². The molecule has 6 heteroatoms. The molecule has 0 radical (unpaired) electrons. The minimum absolute atomic E-state index is 0.0965. The zero-order valence-electron chi connectivity index (χ0n) is 11.0. The van der Waals surface area contributed by atoms with Crippen LogP contribution in [0.15, 0.2) is 0 Å². The minimum Gasteiger partial charge on any atom is -0.377 e. The highest BCUT2D eigenvalue weighted by Crippen LogP contribution is 2.25. The van der Waals surface area contributed by atoms with Crippen molar-refractivity contribution in [3.8, 4) is 0 Å². The Labute approximate surface area is 110 Å². The average molecular weight is 276 g/mol. The van der Waals surface area contributed by atoms with Gasteiger partial charge in [0, 0.05) is 19.2 Å². The average Bonchev–Trinajstić information content (AvgIpc) is 2.81. The normalized spacial score (nSPS) is 34.9. The van der Waals surface area contributed by atoms with Crippen molar-refractivity contribution in [2.45, 2.75) is 44.8 Å². The van der Waals surface area contributed by atoms with Gasteiger partial charge in [0.15, 0.2) is 0 Å². The molecule has 106 valence electrons. The van der Waals surface area contributed by atoms with Gasteiger partial charge in [-0.05, 0) is 45.1 Å². The molecule has 0 aromatic carbocycles. The maximum absolute atomic E-state index is 12.4. The van der Waals surface area contributed by atoms with E-state index in [0.29, 0.717) is 25.6 Å². The Bertz CT molecular complexity index is 366. The molecule has 2 N–H and O–H groups in total. The predicted molar refractivity (Wildman–Crippen MR) is 70.7 cm³/mol. The summed E-state index contributed by atoms with van der Waals surface area (Å²) in [7, 11) is -3.21. The van der Waals surface area contributed by atoms with Crippen LogP contribution in [0.25, 0.3) is 0 Å². The second-order valence-electron chi connectivity index (χ2n) is 5.51. The summed E-state index contributed by atoms with van der Waals surface area (Å²) in [5.41, 5.74) is 5.67. The number of ether oxygens (including phenoxy) is 1. The smallest absolute Gasteiger partial charge is 0.216 e. The fourth-order valence-electron chi connectivity index (χ4n) is 2.83. The van der Waals surface area contributed by atoms with Gasteiger partial charge in [-0.2, -0.15) is 4.31 Å². The molecule has 0 saturated carbocycles. The fourth-order valence-corrected chi connectivity index (χ4v) is 4.85. The van der Waals surface area contributed by atoms with E-state index in [0.717, 1.165) is 25.7 Å². The van der Waals surface area contributed by atoms with E-state index in [2.05, 4.69) is 0 Å². The molecular weight excluding hydrogens is 252 g/mol. The van der Waals surface area contributed by atoms with Crippen molar-refractivity contribution in [3.05, 3.63) is 0 Å². The van der Waals surface area contributed by atoms with Crippen LogP contribution < -0.4 is 5.73 Å². The Morgan fingerprint density at radius 2 is 2.11 bits per heavy atom. The third kappa shape index (κ3) is 3.23. The Kier molecular flexibility index (Phi) is 4.64. The summed E-state index contributed by atoms with van der Waals surface area (Å²) in [4.78, 5) is 0. The summed E-state index contributed by atoms with van der Waals surface area (Å²) < 4.78 is 31.9. The lowest BCUT2D eigenvalue weighted by Crippen LogP contribution is -2.49. The first kappa shape index (κ1) is 14.2. The van der Waals surface area contributed by atoms with Crippen molar-refractivity contribution in [1.29, 1.82) is 0 Å². The fraction of sp³-hybridized carbons (Fsp3) is 1.00. The van der Waals surface area contributed by atoms with Crippen molar-refractivity contribution in [1.82, 2.24) is 4.31 Å². The van der Waals surface area contributed by atoms with Crippen molar-refractivity contribution in [2.75, 3.05) is 25.4 Å². The third-order valence-electron chi connectivity index (χ3n) is 4.03. The summed E-state index contributed by atoms with van der Waals surface area (Å²) in [6, 6.07) is 0.0965. The Morgan fingerprint density at radius 1 is 1.33 bits per heavy atom. The lowest BCUT2D eigenvalue weighted by molar-refractivity contribution is 0.124. The molecule has 2 fully saturated rings. The topological polar surface area (TPSA) is 72.6 Å². The number of rotatable bonds is 4. The number of hydrogen-bond acceptors (Lipinski definition) is 4. The van der Waals surface area contributed by atoms with E-state index in [1.165, 1.54) is 0 Å². The quantitative estimate of drug-likeness (QED) is 0.814. The number of hydrogen-bond donors (Lipinski definition) is 1. The molecule has 3 atom stereocenters.